The molecule has 134 valence electrons. The van der Waals surface area contributed by atoms with Crippen molar-refractivity contribution in [1.82, 2.24) is 10.2 Å². The minimum Gasteiger partial charge on any atom is -0.325 e. The van der Waals surface area contributed by atoms with E-state index in [-0.39, 0.29) is 18.0 Å². The van der Waals surface area contributed by atoms with Crippen molar-refractivity contribution in [3.63, 3.8) is 0 Å². The standard InChI is InChI=1S/C19H23Cl2N3O/c1-13(19(25)23-17-10-15(20)9-16(21)11-17)22-12-18(24(2)3)14-7-5-4-6-8-14/h4-11,13,18,22H,12H2,1-3H3,(H,23,25)/t13-,18+/m1/s1. The molecule has 2 aromatic rings. The Morgan fingerprint density at radius 3 is 2.24 bits per heavy atom. The van der Waals surface area contributed by atoms with Gasteiger partial charge in [-0.2, -0.15) is 0 Å². The summed E-state index contributed by atoms with van der Waals surface area (Å²) in [6, 6.07) is 15.0. The predicted octanol–water partition coefficient (Wildman–Crippen LogP) is 4.21. The Morgan fingerprint density at radius 2 is 1.68 bits per heavy atom. The number of carbonyl (C=O) groups is 1. The number of rotatable bonds is 7. The molecular weight excluding hydrogens is 357 g/mol. The van der Waals surface area contributed by atoms with E-state index in [1.54, 1.807) is 18.2 Å². The van der Waals surface area contributed by atoms with Crippen LogP contribution in [-0.4, -0.2) is 37.5 Å². The number of nitrogens with one attached hydrogen (secondary N) is 2. The zero-order chi connectivity index (χ0) is 18.4. The maximum atomic E-state index is 12.4. The van der Waals surface area contributed by atoms with Crippen LogP contribution in [0.25, 0.3) is 0 Å². The minimum absolute atomic E-state index is 0.135. The first-order valence-electron chi connectivity index (χ1n) is 8.08. The first-order valence-corrected chi connectivity index (χ1v) is 8.84. The largest absolute Gasteiger partial charge is 0.325 e. The lowest BCUT2D eigenvalue weighted by Crippen LogP contribution is -2.42. The lowest BCUT2D eigenvalue weighted by molar-refractivity contribution is -0.117. The number of nitrogens with zero attached hydrogens (tertiary/aromatic N) is 1. The highest BCUT2D eigenvalue weighted by Gasteiger charge is 2.18. The maximum Gasteiger partial charge on any atom is 0.241 e. The molecular formula is C19H23Cl2N3O. The molecule has 0 bridgehead atoms. The highest BCUT2D eigenvalue weighted by atomic mass is 35.5. The molecule has 0 saturated carbocycles. The fraction of sp³-hybridized carbons (Fsp3) is 0.316. The lowest BCUT2D eigenvalue weighted by Gasteiger charge is -2.26. The molecule has 2 rings (SSSR count). The van der Waals surface area contributed by atoms with Crippen molar-refractivity contribution in [2.45, 2.75) is 19.0 Å². The van der Waals surface area contributed by atoms with Gasteiger partial charge in [-0.1, -0.05) is 53.5 Å². The predicted molar refractivity (Wildman–Crippen MR) is 105 cm³/mol. The Labute approximate surface area is 159 Å². The molecule has 0 unspecified atom stereocenters. The van der Waals surface area contributed by atoms with Gasteiger partial charge < -0.3 is 15.5 Å². The molecule has 6 heteroatoms. The maximum absolute atomic E-state index is 12.4. The van der Waals surface area contributed by atoms with Gasteiger partial charge in [0.2, 0.25) is 5.91 Å². The summed E-state index contributed by atoms with van der Waals surface area (Å²) in [5, 5.41) is 7.10. The third-order valence-electron chi connectivity index (χ3n) is 3.95. The normalized spacial score (nSPS) is 13.5. The quantitative estimate of drug-likeness (QED) is 0.756. The number of anilines is 1. The summed E-state index contributed by atoms with van der Waals surface area (Å²) >= 11 is 11.9. The smallest absolute Gasteiger partial charge is 0.241 e. The molecule has 0 spiro atoms. The summed E-state index contributed by atoms with van der Waals surface area (Å²) in [6.45, 7) is 2.49. The average molecular weight is 380 g/mol. The molecule has 0 aliphatic carbocycles. The van der Waals surface area contributed by atoms with E-state index in [9.17, 15) is 4.79 Å². The number of likely N-dealkylation sites (N-methyl/N-ethyl adjacent to an activating group) is 1. The van der Waals surface area contributed by atoms with E-state index in [1.807, 2.05) is 39.2 Å². The molecule has 0 heterocycles. The van der Waals surface area contributed by atoms with Gasteiger partial charge in [0.05, 0.1) is 6.04 Å². The fourth-order valence-corrected chi connectivity index (χ4v) is 3.06. The van der Waals surface area contributed by atoms with E-state index in [1.165, 1.54) is 5.56 Å². The molecule has 2 atom stereocenters. The Hall–Kier alpha value is -1.59. The van der Waals surface area contributed by atoms with Crippen molar-refractivity contribution in [2.75, 3.05) is 26.0 Å². The van der Waals surface area contributed by atoms with E-state index in [0.717, 1.165) is 0 Å². The van der Waals surface area contributed by atoms with Crippen LogP contribution >= 0.6 is 23.2 Å². The van der Waals surface area contributed by atoms with Gasteiger partial charge in [-0.25, -0.2) is 0 Å². The molecule has 0 fully saturated rings. The van der Waals surface area contributed by atoms with Crippen LogP contribution in [0.1, 0.15) is 18.5 Å². The van der Waals surface area contributed by atoms with E-state index < -0.39 is 0 Å². The minimum atomic E-state index is -0.357. The van der Waals surface area contributed by atoms with Crippen LogP contribution in [0.3, 0.4) is 0 Å². The Balaban J connectivity index is 1.95. The van der Waals surface area contributed by atoms with Crippen molar-refractivity contribution in [3.8, 4) is 0 Å². The molecule has 2 aromatic carbocycles. The third kappa shape index (κ3) is 6.01. The van der Waals surface area contributed by atoms with Crippen molar-refractivity contribution >= 4 is 34.8 Å². The number of halogens is 2. The van der Waals surface area contributed by atoms with E-state index in [0.29, 0.717) is 22.3 Å². The molecule has 0 saturated heterocycles. The van der Waals surface area contributed by atoms with E-state index in [2.05, 4.69) is 27.7 Å². The van der Waals surface area contributed by atoms with Crippen molar-refractivity contribution in [2.24, 2.45) is 0 Å². The summed E-state index contributed by atoms with van der Waals surface area (Å²) in [5.74, 6) is -0.135. The van der Waals surface area contributed by atoms with Crippen molar-refractivity contribution < 1.29 is 4.79 Å². The number of hydrogen-bond acceptors (Lipinski definition) is 3. The molecule has 1 amide bonds. The number of amides is 1. The summed E-state index contributed by atoms with van der Waals surface area (Å²) in [7, 11) is 4.05. The van der Waals surface area contributed by atoms with Crippen LogP contribution in [-0.2, 0) is 4.79 Å². The van der Waals surface area contributed by atoms with E-state index in [4.69, 9.17) is 23.2 Å². The van der Waals surface area contributed by atoms with Crippen LogP contribution in [0.15, 0.2) is 48.5 Å². The summed E-state index contributed by atoms with van der Waals surface area (Å²) in [6.07, 6.45) is 0. The SMILES string of the molecule is C[C@@H](NC[C@@H](c1ccccc1)N(C)C)C(=O)Nc1cc(Cl)cc(Cl)c1. The summed E-state index contributed by atoms with van der Waals surface area (Å²) in [5.41, 5.74) is 1.79. The van der Waals surface area contributed by atoms with Gasteiger partial charge in [0, 0.05) is 28.3 Å². The van der Waals surface area contributed by atoms with Gasteiger partial charge in [0.15, 0.2) is 0 Å². The first-order chi connectivity index (χ1) is 11.9. The zero-order valence-electron chi connectivity index (χ0n) is 14.6. The van der Waals surface area contributed by atoms with Crippen LogP contribution in [0.2, 0.25) is 10.0 Å². The monoisotopic (exact) mass is 379 g/mol. The Bertz CT molecular complexity index is 687. The highest BCUT2D eigenvalue weighted by Crippen LogP contribution is 2.22. The van der Waals surface area contributed by atoms with Crippen LogP contribution in [0.4, 0.5) is 5.69 Å². The van der Waals surface area contributed by atoms with Gasteiger partial charge >= 0.3 is 0 Å². The first kappa shape index (κ1) is 19.7. The topological polar surface area (TPSA) is 44.4 Å². The molecule has 4 nitrogen and oxygen atoms in total. The summed E-state index contributed by atoms with van der Waals surface area (Å²) < 4.78 is 0. The van der Waals surface area contributed by atoms with Crippen molar-refractivity contribution in [1.29, 1.82) is 0 Å². The van der Waals surface area contributed by atoms with Gasteiger partial charge in [-0.15, -0.1) is 0 Å². The van der Waals surface area contributed by atoms with Crippen LogP contribution < -0.4 is 10.6 Å². The molecule has 0 aromatic heterocycles. The molecule has 0 aliphatic heterocycles. The second-order valence-corrected chi connectivity index (χ2v) is 7.04. The molecule has 25 heavy (non-hydrogen) atoms. The van der Waals surface area contributed by atoms with Crippen LogP contribution in [0.5, 0.6) is 0 Å². The van der Waals surface area contributed by atoms with Gasteiger partial charge in [0.25, 0.3) is 0 Å². The van der Waals surface area contributed by atoms with Gasteiger partial charge in [-0.3, -0.25) is 4.79 Å². The second-order valence-electron chi connectivity index (χ2n) is 6.17. The zero-order valence-corrected chi connectivity index (χ0v) is 16.1. The number of hydrogen-bond donors (Lipinski definition) is 2. The summed E-state index contributed by atoms with van der Waals surface area (Å²) in [4.78, 5) is 14.5. The number of benzene rings is 2. The molecule has 0 aliphatic rings. The Kier molecular flexibility index (Phi) is 7.26. The highest BCUT2D eigenvalue weighted by molar-refractivity contribution is 6.35. The van der Waals surface area contributed by atoms with Gasteiger partial charge in [0.1, 0.15) is 0 Å². The molecule has 0 radical (unpaired) electrons. The van der Waals surface area contributed by atoms with Crippen LogP contribution in [0, 0.1) is 0 Å². The van der Waals surface area contributed by atoms with Gasteiger partial charge in [-0.05, 0) is 44.8 Å². The number of carbonyl (C=O) groups excluding carboxylic acids is 1. The third-order valence-corrected chi connectivity index (χ3v) is 4.38. The molecule has 2 N–H and O–H groups in total. The second kappa shape index (κ2) is 9.20. The van der Waals surface area contributed by atoms with Crippen molar-refractivity contribution in [3.05, 3.63) is 64.1 Å². The van der Waals surface area contributed by atoms with E-state index >= 15 is 0 Å². The fourth-order valence-electron chi connectivity index (χ4n) is 2.53. The lowest BCUT2D eigenvalue weighted by atomic mass is 10.1. The Morgan fingerprint density at radius 1 is 1.08 bits per heavy atom. The average Bonchev–Trinajstić information content (AvgIpc) is 2.54.